The molecule has 1 fully saturated rings. The van der Waals surface area contributed by atoms with Gasteiger partial charge in [0.15, 0.2) is 0 Å². The predicted octanol–water partition coefficient (Wildman–Crippen LogP) is 3.91. The number of thiazole rings is 1. The van der Waals surface area contributed by atoms with Crippen LogP contribution in [0.4, 0.5) is 5.69 Å². The van der Waals surface area contributed by atoms with E-state index in [1.165, 1.54) is 24.5 Å². The van der Waals surface area contributed by atoms with Gasteiger partial charge in [0.1, 0.15) is 0 Å². The van der Waals surface area contributed by atoms with E-state index in [4.69, 9.17) is 10.7 Å². The highest BCUT2D eigenvalue weighted by Gasteiger charge is 2.21. The van der Waals surface area contributed by atoms with Gasteiger partial charge in [-0.2, -0.15) is 0 Å². The van der Waals surface area contributed by atoms with Crippen molar-refractivity contribution in [2.24, 2.45) is 11.8 Å². The van der Waals surface area contributed by atoms with Crippen LogP contribution >= 0.6 is 11.3 Å². The molecule has 118 valence electrons. The molecule has 22 heavy (non-hydrogen) atoms. The minimum Gasteiger partial charge on any atom is -0.399 e. The van der Waals surface area contributed by atoms with E-state index in [0.29, 0.717) is 0 Å². The smallest absolute Gasteiger partial charge is 0.0945 e. The first-order chi connectivity index (χ1) is 10.6. The van der Waals surface area contributed by atoms with Gasteiger partial charge in [0.05, 0.1) is 10.7 Å². The molecule has 0 bridgehead atoms. The van der Waals surface area contributed by atoms with Gasteiger partial charge in [-0.15, -0.1) is 11.3 Å². The van der Waals surface area contributed by atoms with Gasteiger partial charge in [0.2, 0.25) is 0 Å². The number of aromatic nitrogens is 1. The fourth-order valence-corrected chi connectivity index (χ4v) is 4.28. The number of nitrogens with zero attached hydrogens (tertiary/aromatic N) is 2. The Bertz CT molecular complexity index is 612. The molecule has 4 heteroatoms. The number of anilines is 1. The summed E-state index contributed by atoms with van der Waals surface area (Å²) in [5.41, 5.74) is 8.81. The minimum atomic E-state index is 0.795. The molecule has 0 radical (unpaired) electrons. The first-order valence-electron chi connectivity index (χ1n) is 8.13. The van der Waals surface area contributed by atoms with Crippen LogP contribution in [-0.2, 0) is 6.42 Å². The van der Waals surface area contributed by atoms with Gasteiger partial charge in [0, 0.05) is 42.7 Å². The molecule has 1 aromatic heterocycles. The van der Waals surface area contributed by atoms with E-state index in [1.807, 2.05) is 18.2 Å². The fourth-order valence-electron chi connectivity index (χ4n) is 3.48. The van der Waals surface area contributed by atoms with Crippen molar-refractivity contribution >= 4 is 17.0 Å². The average Bonchev–Trinajstić information content (AvgIpc) is 2.93. The Morgan fingerprint density at radius 3 is 2.77 bits per heavy atom. The van der Waals surface area contributed by atoms with Gasteiger partial charge in [-0.3, -0.25) is 0 Å². The summed E-state index contributed by atoms with van der Waals surface area (Å²) in [5.74, 6) is 1.64. The van der Waals surface area contributed by atoms with E-state index in [-0.39, 0.29) is 0 Å². The lowest BCUT2D eigenvalue weighted by Gasteiger charge is -2.34. The third-order valence-electron chi connectivity index (χ3n) is 4.32. The summed E-state index contributed by atoms with van der Waals surface area (Å²) in [4.78, 5) is 7.38. The monoisotopic (exact) mass is 315 g/mol. The molecular weight excluding hydrogens is 290 g/mol. The Labute approximate surface area is 137 Å². The summed E-state index contributed by atoms with van der Waals surface area (Å²) in [6.45, 7) is 8.32. The highest BCUT2D eigenvalue weighted by molar-refractivity contribution is 7.09. The van der Waals surface area contributed by atoms with Crippen LogP contribution < -0.4 is 5.73 Å². The molecular formula is C18H25N3S. The Morgan fingerprint density at radius 2 is 2.05 bits per heavy atom. The molecule has 2 heterocycles. The van der Waals surface area contributed by atoms with Crippen molar-refractivity contribution in [2.75, 3.05) is 25.4 Å². The van der Waals surface area contributed by atoms with E-state index in [2.05, 4.69) is 30.2 Å². The van der Waals surface area contributed by atoms with Crippen molar-refractivity contribution in [3.05, 3.63) is 34.7 Å². The molecule has 2 aromatic rings. The molecule has 1 aromatic carbocycles. The van der Waals surface area contributed by atoms with E-state index < -0.39 is 0 Å². The van der Waals surface area contributed by atoms with Crippen molar-refractivity contribution in [3.8, 4) is 11.3 Å². The highest BCUT2D eigenvalue weighted by Crippen LogP contribution is 2.25. The topological polar surface area (TPSA) is 42.2 Å². The van der Waals surface area contributed by atoms with Crippen LogP contribution in [0.2, 0.25) is 0 Å². The second-order valence-corrected chi connectivity index (χ2v) is 7.65. The van der Waals surface area contributed by atoms with E-state index in [0.717, 1.165) is 41.7 Å². The van der Waals surface area contributed by atoms with Crippen LogP contribution in [0, 0.1) is 11.8 Å². The molecule has 2 unspecified atom stereocenters. The number of nitrogens with two attached hydrogens (primary N) is 1. The van der Waals surface area contributed by atoms with Crippen molar-refractivity contribution < 1.29 is 0 Å². The molecule has 3 rings (SSSR count). The van der Waals surface area contributed by atoms with E-state index >= 15 is 0 Å². The number of benzene rings is 1. The SMILES string of the molecule is CC1CC(C)CN(CCc2nc(-c3cccc(N)c3)cs2)C1. The lowest BCUT2D eigenvalue weighted by atomic mass is 9.92. The standard InChI is InChI=1S/C18H25N3S/c1-13-8-14(2)11-21(10-13)7-6-18-20-17(12-22-18)15-4-3-5-16(19)9-15/h3-5,9,12-14H,6-8,10-11,19H2,1-2H3. The highest BCUT2D eigenvalue weighted by atomic mass is 32.1. The molecule has 0 aliphatic carbocycles. The van der Waals surface area contributed by atoms with Crippen LogP contribution in [0.25, 0.3) is 11.3 Å². The molecule has 1 saturated heterocycles. The third-order valence-corrected chi connectivity index (χ3v) is 5.23. The van der Waals surface area contributed by atoms with Gasteiger partial charge in [-0.05, 0) is 30.4 Å². The van der Waals surface area contributed by atoms with Crippen molar-refractivity contribution in [1.29, 1.82) is 0 Å². The Hall–Kier alpha value is -1.39. The Morgan fingerprint density at radius 1 is 1.27 bits per heavy atom. The van der Waals surface area contributed by atoms with Crippen LogP contribution in [0.15, 0.2) is 29.6 Å². The third kappa shape index (κ3) is 3.87. The number of hydrogen-bond acceptors (Lipinski definition) is 4. The maximum atomic E-state index is 5.85. The second-order valence-electron chi connectivity index (χ2n) is 6.71. The second kappa shape index (κ2) is 6.80. The largest absolute Gasteiger partial charge is 0.399 e. The van der Waals surface area contributed by atoms with Gasteiger partial charge in [-0.25, -0.2) is 4.98 Å². The zero-order valence-corrected chi connectivity index (χ0v) is 14.3. The molecule has 3 nitrogen and oxygen atoms in total. The van der Waals surface area contributed by atoms with Crippen molar-refractivity contribution in [1.82, 2.24) is 9.88 Å². The number of rotatable bonds is 4. The van der Waals surface area contributed by atoms with Crippen LogP contribution in [0.5, 0.6) is 0 Å². The number of piperidine rings is 1. The zero-order chi connectivity index (χ0) is 15.5. The van der Waals surface area contributed by atoms with Crippen molar-refractivity contribution in [3.63, 3.8) is 0 Å². The van der Waals surface area contributed by atoms with E-state index in [9.17, 15) is 0 Å². The molecule has 2 atom stereocenters. The molecule has 1 aliphatic heterocycles. The minimum absolute atomic E-state index is 0.795. The molecule has 0 amide bonds. The van der Waals surface area contributed by atoms with Gasteiger partial charge < -0.3 is 10.6 Å². The fraction of sp³-hybridized carbons (Fsp3) is 0.500. The lowest BCUT2D eigenvalue weighted by molar-refractivity contribution is 0.142. The summed E-state index contributed by atoms with van der Waals surface area (Å²) in [6, 6.07) is 7.96. The summed E-state index contributed by atoms with van der Waals surface area (Å²) in [6.07, 6.45) is 2.42. The van der Waals surface area contributed by atoms with Gasteiger partial charge in [-0.1, -0.05) is 26.0 Å². The Balaban J connectivity index is 1.60. The summed E-state index contributed by atoms with van der Waals surface area (Å²) in [5, 5.41) is 3.37. The first kappa shape index (κ1) is 15.5. The summed E-state index contributed by atoms with van der Waals surface area (Å²) in [7, 11) is 0. The lowest BCUT2D eigenvalue weighted by Crippen LogP contribution is -2.39. The summed E-state index contributed by atoms with van der Waals surface area (Å²) < 4.78 is 0. The van der Waals surface area contributed by atoms with Crippen LogP contribution in [-0.4, -0.2) is 29.5 Å². The zero-order valence-electron chi connectivity index (χ0n) is 13.5. The maximum absolute atomic E-state index is 5.85. The average molecular weight is 315 g/mol. The van der Waals surface area contributed by atoms with Crippen LogP contribution in [0.1, 0.15) is 25.3 Å². The van der Waals surface area contributed by atoms with Crippen LogP contribution in [0.3, 0.4) is 0 Å². The Kier molecular flexibility index (Phi) is 4.79. The normalized spacial score (nSPS) is 22.8. The molecule has 1 aliphatic rings. The predicted molar refractivity (Wildman–Crippen MR) is 95.1 cm³/mol. The molecule has 2 N–H and O–H groups in total. The van der Waals surface area contributed by atoms with Gasteiger partial charge >= 0.3 is 0 Å². The number of nitrogen functional groups attached to an aromatic ring is 1. The number of likely N-dealkylation sites (tertiary alicyclic amines) is 1. The molecule has 0 spiro atoms. The van der Waals surface area contributed by atoms with Gasteiger partial charge in [0.25, 0.3) is 0 Å². The summed E-state index contributed by atoms with van der Waals surface area (Å²) >= 11 is 1.76. The van der Waals surface area contributed by atoms with Crippen molar-refractivity contribution in [2.45, 2.75) is 26.7 Å². The number of hydrogen-bond donors (Lipinski definition) is 1. The quantitative estimate of drug-likeness (QED) is 0.870. The maximum Gasteiger partial charge on any atom is 0.0945 e. The molecule has 0 saturated carbocycles. The van der Waals surface area contributed by atoms with E-state index in [1.54, 1.807) is 11.3 Å². The first-order valence-corrected chi connectivity index (χ1v) is 9.01.